The molecule has 2 heterocycles. The van der Waals surface area contributed by atoms with Crippen molar-refractivity contribution in [2.24, 2.45) is 0 Å². The minimum atomic E-state index is -0.780. The minimum Gasteiger partial charge on any atom is -0.389 e. The highest BCUT2D eigenvalue weighted by atomic mass is 79.9. The van der Waals surface area contributed by atoms with E-state index in [1.54, 1.807) is 18.4 Å². The second-order valence-electron chi connectivity index (χ2n) is 4.25. The molecule has 0 amide bonds. The molecule has 5 nitrogen and oxygen atoms in total. The lowest BCUT2D eigenvalue weighted by Gasteiger charge is -2.16. The van der Waals surface area contributed by atoms with Crippen LogP contribution >= 0.6 is 15.9 Å². The van der Waals surface area contributed by atoms with E-state index in [-0.39, 0.29) is 0 Å². The van der Waals surface area contributed by atoms with Crippen molar-refractivity contribution in [1.29, 1.82) is 0 Å². The van der Waals surface area contributed by atoms with Gasteiger partial charge in [0.1, 0.15) is 0 Å². The average molecular weight is 285 g/mol. The van der Waals surface area contributed by atoms with E-state index in [0.717, 1.165) is 10.1 Å². The van der Waals surface area contributed by atoms with Crippen molar-refractivity contribution >= 4 is 27.5 Å². The van der Waals surface area contributed by atoms with Crippen LogP contribution in [0.1, 0.15) is 13.8 Å². The van der Waals surface area contributed by atoms with Crippen LogP contribution in [-0.2, 0) is 0 Å². The number of fused-ring (bicyclic) bond motifs is 1. The maximum atomic E-state index is 9.57. The summed E-state index contributed by atoms with van der Waals surface area (Å²) in [7, 11) is 0. The van der Waals surface area contributed by atoms with Crippen LogP contribution < -0.4 is 5.32 Å². The van der Waals surface area contributed by atoms with Crippen molar-refractivity contribution in [1.82, 2.24) is 14.6 Å². The molecular weight excluding hydrogens is 272 g/mol. The van der Waals surface area contributed by atoms with Gasteiger partial charge in [0, 0.05) is 17.2 Å². The fourth-order valence-corrected chi connectivity index (χ4v) is 1.55. The predicted octanol–water partition coefficient (Wildman–Crippen LogP) is 1.67. The molecule has 0 aromatic carbocycles. The van der Waals surface area contributed by atoms with Gasteiger partial charge < -0.3 is 10.4 Å². The molecule has 0 atom stereocenters. The quantitative estimate of drug-likeness (QED) is 0.900. The Bertz CT molecular complexity index is 503. The Labute approximate surface area is 102 Å². The summed E-state index contributed by atoms with van der Waals surface area (Å²) in [6, 6.07) is 3.77. The van der Waals surface area contributed by atoms with Crippen LogP contribution in [0, 0.1) is 0 Å². The number of pyridine rings is 1. The molecule has 2 rings (SSSR count). The summed E-state index contributed by atoms with van der Waals surface area (Å²) < 4.78 is 2.62. The third-order valence-electron chi connectivity index (χ3n) is 1.97. The van der Waals surface area contributed by atoms with Gasteiger partial charge in [-0.25, -0.2) is 4.52 Å². The molecule has 0 saturated carbocycles. The summed E-state index contributed by atoms with van der Waals surface area (Å²) in [4.78, 5) is 4.27. The standard InChI is InChI=1S/C10H13BrN4O/c1-10(2,16)6-12-9-13-8-4-3-7(11)5-15(8)14-9/h3-5,16H,6H2,1-2H3,(H,12,14). The van der Waals surface area contributed by atoms with Crippen molar-refractivity contribution < 1.29 is 5.11 Å². The van der Waals surface area contributed by atoms with Gasteiger partial charge in [0.2, 0.25) is 5.95 Å². The van der Waals surface area contributed by atoms with E-state index >= 15 is 0 Å². The molecule has 0 spiro atoms. The van der Waals surface area contributed by atoms with Crippen molar-refractivity contribution in [3.05, 3.63) is 22.8 Å². The molecule has 0 aliphatic rings. The fraction of sp³-hybridized carbons (Fsp3) is 0.400. The summed E-state index contributed by atoms with van der Waals surface area (Å²) in [5, 5.41) is 16.8. The zero-order chi connectivity index (χ0) is 11.8. The predicted molar refractivity (Wildman–Crippen MR) is 65.5 cm³/mol. The summed E-state index contributed by atoms with van der Waals surface area (Å²) in [6.07, 6.45) is 1.83. The summed E-state index contributed by atoms with van der Waals surface area (Å²) in [5.41, 5.74) is -0.0145. The number of nitrogens with zero attached hydrogens (tertiary/aromatic N) is 3. The molecule has 0 fully saturated rings. The number of rotatable bonds is 3. The zero-order valence-electron chi connectivity index (χ0n) is 9.11. The van der Waals surface area contributed by atoms with E-state index in [4.69, 9.17) is 0 Å². The number of anilines is 1. The number of nitrogens with one attached hydrogen (secondary N) is 1. The molecule has 16 heavy (non-hydrogen) atoms. The molecule has 6 heteroatoms. The first-order chi connectivity index (χ1) is 7.44. The third kappa shape index (κ3) is 2.70. The van der Waals surface area contributed by atoms with E-state index in [9.17, 15) is 5.11 Å². The third-order valence-corrected chi connectivity index (χ3v) is 2.44. The minimum absolute atomic E-state index is 0.408. The van der Waals surface area contributed by atoms with Crippen LogP contribution in [0.3, 0.4) is 0 Å². The molecule has 86 valence electrons. The van der Waals surface area contributed by atoms with Crippen LogP contribution in [0.25, 0.3) is 5.65 Å². The maximum absolute atomic E-state index is 9.57. The van der Waals surface area contributed by atoms with Gasteiger partial charge in [-0.15, -0.1) is 5.10 Å². The Hall–Kier alpha value is -1.14. The Morgan fingerprint density at radius 1 is 1.50 bits per heavy atom. The largest absolute Gasteiger partial charge is 0.389 e. The Morgan fingerprint density at radius 2 is 2.25 bits per heavy atom. The summed E-state index contributed by atoms with van der Waals surface area (Å²) in [5.74, 6) is 0.514. The van der Waals surface area contributed by atoms with Crippen LogP contribution in [0.2, 0.25) is 0 Å². The number of hydrogen-bond acceptors (Lipinski definition) is 4. The Balaban J connectivity index is 2.20. The molecule has 2 aromatic rings. The molecule has 0 aliphatic heterocycles. The van der Waals surface area contributed by atoms with Crippen LogP contribution in [0.4, 0.5) is 5.95 Å². The van der Waals surface area contributed by atoms with E-state index in [2.05, 4.69) is 31.3 Å². The van der Waals surface area contributed by atoms with Gasteiger partial charge in [-0.3, -0.25) is 0 Å². The van der Waals surface area contributed by atoms with Crippen LogP contribution in [0.5, 0.6) is 0 Å². The van der Waals surface area contributed by atoms with Crippen molar-refractivity contribution in [2.75, 3.05) is 11.9 Å². The second-order valence-corrected chi connectivity index (χ2v) is 5.17. The lowest BCUT2D eigenvalue weighted by molar-refractivity contribution is 0.0943. The van der Waals surface area contributed by atoms with E-state index in [0.29, 0.717) is 12.5 Å². The van der Waals surface area contributed by atoms with Gasteiger partial charge in [0.05, 0.1) is 5.60 Å². The fourth-order valence-electron chi connectivity index (χ4n) is 1.23. The first-order valence-corrected chi connectivity index (χ1v) is 5.71. The first kappa shape index (κ1) is 11.3. The molecule has 0 unspecified atom stereocenters. The van der Waals surface area contributed by atoms with Gasteiger partial charge in [0.15, 0.2) is 5.65 Å². The summed E-state index contributed by atoms with van der Waals surface area (Å²) in [6.45, 7) is 3.86. The molecule has 2 aromatic heterocycles. The monoisotopic (exact) mass is 284 g/mol. The topological polar surface area (TPSA) is 62.5 Å². The Morgan fingerprint density at radius 3 is 2.94 bits per heavy atom. The van der Waals surface area contributed by atoms with Gasteiger partial charge in [0.25, 0.3) is 0 Å². The average Bonchev–Trinajstić information content (AvgIpc) is 2.55. The van der Waals surface area contributed by atoms with Crippen molar-refractivity contribution in [3.8, 4) is 0 Å². The highest BCUT2D eigenvalue weighted by molar-refractivity contribution is 9.10. The lowest BCUT2D eigenvalue weighted by atomic mass is 10.1. The second kappa shape index (κ2) is 4.03. The number of halogens is 1. The number of hydrogen-bond donors (Lipinski definition) is 2. The van der Waals surface area contributed by atoms with E-state index < -0.39 is 5.60 Å². The van der Waals surface area contributed by atoms with Gasteiger partial charge >= 0.3 is 0 Å². The highest BCUT2D eigenvalue weighted by Gasteiger charge is 2.13. The van der Waals surface area contributed by atoms with Gasteiger partial charge in [-0.2, -0.15) is 4.98 Å². The van der Waals surface area contributed by atoms with Gasteiger partial charge in [-0.05, 0) is 41.9 Å². The zero-order valence-corrected chi connectivity index (χ0v) is 10.7. The highest BCUT2D eigenvalue weighted by Crippen LogP contribution is 2.12. The number of aromatic nitrogens is 3. The molecule has 2 N–H and O–H groups in total. The lowest BCUT2D eigenvalue weighted by Crippen LogP contribution is -2.29. The normalized spacial score (nSPS) is 12.0. The Kier molecular flexibility index (Phi) is 2.86. The van der Waals surface area contributed by atoms with Gasteiger partial charge in [-0.1, -0.05) is 0 Å². The molecular formula is C10H13BrN4O. The summed E-state index contributed by atoms with van der Waals surface area (Å²) >= 11 is 3.36. The maximum Gasteiger partial charge on any atom is 0.243 e. The molecule has 0 aliphatic carbocycles. The molecule has 0 saturated heterocycles. The molecule has 0 radical (unpaired) electrons. The smallest absolute Gasteiger partial charge is 0.243 e. The van der Waals surface area contributed by atoms with Crippen LogP contribution in [0.15, 0.2) is 22.8 Å². The first-order valence-electron chi connectivity index (χ1n) is 4.92. The van der Waals surface area contributed by atoms with E-state index in [1.807, 2.05) is 18.3 Å². The molecule has 0 bridgehead atoms. The SMILES string of the molecule is CC(C)(O)CNc1nc2ccc(Br)cn2n1. The number of aliphatic hydroxyl groups is 1. The van der Waals surface area contributed by atoms with Crippen molar-refractivity contribution in [3.63, 3.8) is 0 Å². The van der Waals surface area contributed by atoms with E-state index in [1.165, 1.54) is 0 Å². The van der Waals surface area contributed by atoms with Crippen LogP contribution in [-0.4, -0.2) is 31.9 Å². The van der Waals surface area contributed by atoms with Crippen molar-refractivity contribution in [2.45, 2.75) is 19.4 Å².